The van der Waals surface area contributed by atoms with Gasteiger partial charge < -0.3 is 13.7 Å². The van der Waals surface area contributed by atoms with Crippen molar-refractivity contribution in [1.29, 1.82) is 0 Å². The lowest BCUT2D eigenvalue weighted by Gasteiger charge is -2.27. The molecule has 0 bridgehead atoms. The molecule has 0 unspecified atom stereocenters. The molecule has 0 amide bonds. The molecule has 0 fully saturated rings. The molecule has 3 aromatic heterocycles. The second-order valence-corrected chi connectivity index (χ2v) is 13.5. The molecule has 4 heteroatoms. The van der Waals surface area contributed by atoms with Gasteiger partial charge in [0.25, 0.3) is 0 Å². The van der Waals surface area contributed by atoms with Crippen LogP contribution in [0, 0.1) is 0 Å². The molecule has 0 saturated heterocycles. The number of benzene rings is 8. The lowest BCUT2D eigenvalue weighted by atomic mass is 10.0. The van der Waals surface area contributed by atoms with E-state index in [0.717, 1.165) is 77.1 Å². The standard InChI is InChI=1S/C44H25NO2S/c1-3-12-28-26(10-1)22-24-31-30-15-7-18-36(44(30)47-42(28)31)45(35-17-9-21-39-41(35)32-14-5-6-20-38(32)48-39)34-16-8-19-37-40(34)33-25-23-27-11-2-4-13-29(27)43(33)46-37/h1-25H. The average molecular weight is 632 g/mol. The first-order chi connectivity index (χ1) is 23.8. The molecule has 11 rings (SSSR count). The van der Waals surface area contributed by atoms with Gasteiger partial charge in [-0.2, -0.15) is 0 Å². The highest BCUT2D eigenvalue weighted by atomic mass is 32.1. The number of rotatable bonds is 3. The molecular weight excluding hydrogens is 607 g/mol. The van der Waals surface area contributed by atoms with Crippen LogP contribution in [0.4, 0.5) is 17.1 Å². The molecule has 0 aliphatic carbocycles. The van der Waals surface area contributed by atoms with Gasteiger partial charge in [-0.1, -0.05) is 103 Å². The fraction of sp³-hybridized carbons (Fsp3) is 0. The molecule has 0 aliphatic heterocycles. The molecule has 3 heterocycles. The largest absolute Gasteiger partial charge is 0.455 e. The summed E-state index contributed by atoms with van der Waals surface area (Å²) in [5.41, 5.74) is 6.66. The van der Waals surface area contributed by atoms with E-state index in [4.69, 9.17) is 8.83 Å². The van der Waals surface area contributed by atoms with Crippen LogP contribution in [0.5, 0.6) is 0 Å². The number of anilines is 3. The molecule has 0 saturated carbocycles. The summed E-state index contributed by atoms with van der Waals surface area (Å²) < 4.78 is 16.2. The summed E-state index contributed by atoms with van der Waals surface area (Å²) in [5.74, 6) is 0. The highest BCUT2D eigenvalue weighted by Gasteiger charge is 2.26. The summed E-state index contributed by atoms with van der Waals surface area (Å²) in [4.78, 5) is 2.40. The molecule has 3 nitrogen and oxygen atoms in total. The van der Waals surface area contributed by atoms with Gasteiger partial charge in [0, 0.05) is 47.1 Å². The Morgan fingerprint density at radius 1 is 0.354 bits per heavy atom. The Morgan fingerprint density at radius 2 is 0.917 bits per heavy atom. The fourth-order valence-electron chi connectivity index (χ4n) is 7.74. The Labute approximate surface area is 278 Å². The quantitative estimate of drug-likeness (QED) is 0.194. The number of hydrogen-bond acceptors (Lipinski definition) is 4. The summed E-state index contributed by atoms with van der Waals surface area (Å²) in [6.45, 7) is 0. The van der Waals surface area contributed by atoms with Crippen molar-refractivity contribution >= 4 is 114 Å². The van der Waals surface area contributed by atoms with Crippen LogP contribution in [-0.2, 0) is 0 Å². The molecule has 0 aliphatic rings. The predicted octanol–water partition coefficient (Wildman–Crippen LogP) is 13.6. The van der Waals surface area contributed by atoms with Gasteiger partial charge in [0.05, 0.1) is 22.4 Å². The molecule has 8 aromatic carbocycles. The zero-order valence-corrected chi connectivity index (χ0v) is 26.4. The maximum Gasteiger partial charge on any atom is 0.159 e. The highest BCUT2D eigenvalue weighted by Crippen LogP contribution is 2.50. The summed E-state index contributed by atoms with van der Waals surface area (Å²) >= 11 is 1.83. The van der Waals surface area contributed by atoms with Crippen LogP contribution in [0.15, 0.2) is 160 Å². The van der Waals surface area contributed by atoms with Crippen molar-refractivity contribution in [2.45, 2.75) is 0 Å². The van der Waals surface area contributed by atoms with Crippen molar-refractivity contribution in [2.24, 2.45) is 0 Å². The molecule has 224 valence electrons. The Kier molecular flexibility index (Phi) is 5.26. The number of thiophene rings is 1. The van der Waals surface area contributed by atoms with E-state index in [1.54, 1.807) is 0 Å². The lowest BCUT2D eigenvalue weighted by molar-refractivity contribution is 0.671. The third-order valence-electron chi connectivity index (χ3n) is 9.84. The van der Waals surface area contributed by atoms with E-state index in [1.807, 2.05) is 11.3 Å². The van der Waals surface area contributed by atoms with Crippen LogP contribution in [0.1, 0.15) is 0 Å². The number of fused-ring (bicyclic) bond motifs is 13. The van der Waals surface area contributed by atoms with Crippen molar-refractivity contribution in [3.8, 4) is 0 Å². The van der Waals surface area contributed by atoms with Gasteiger partial charge >= 0.3 is 0 Å². The van der Waals surface area contributed by atoms with E-state index in [2.05, 4.69) is 157 Å². The van der Waals surface area contributed by atoms with Gasteiger partial charge in [0.1, 0.15) is 16.7 Å². The number of furan rings is 2. The number of para-hydroxylation sites is 1. The Hall–Kier alpha value is -6.10. The molecule has 0 spiro atoms. The zero-order chi connectivity index (χ0) is 31.3. The topological polar surface area (TPSA) is 29.5 Å². The minimum atomic E-state index is 0.856. The number of hydrogen-bond donors (Lipinski definition) is 0. The zero-order valence-electron chi connectivity index (χ0n) is 25.6. The first-order valence-corrected chi connectivity index (χ1v) is 17.0. The van der Waals surface area contributed by atoms with Crippen LogP contribution in [0.3, 0.4) is 0 Å². The van der Waals surface area contributed by atoms with E-state index >= 15 is 0 Å². The molecule has 0 atom stereocenters. The monoisotopic (exact) mass is 631 g/mol. The summed E-state index contributed by atoms with van der Waals surface area (Å²) in [6.07, 6.45) is 0. The van der Waals surface area contributed by atoms with Gasteiger partial charge in [-0.3, -0.25) is 0 Å². The van der Waals surface area contributed by atoms with Crippen LogP contribution in [0.25, 0.3) is 85.6 Å². The van der Waals surface area contributed by atoms with E-state index in [9.17, 15) is 0 Å². The van der Waals surface area contributed by atoms with Gasteiger partial charge in [-0.05, 0) is 59.3 Å². The lowest BCUT2D eigenvalue weighted by Crippen LogP contribution is -2.11. The Bertz CT molecular complexity index is 3090. The van der Waals surface area contributed by atoms with Gasteiger partial charge in [-0.25, -0.2) is 0 Å². The molecule has 0 radical (unpaired) electrons. The van der Waals surface area contributed by atoms with E-state index < -0.39 is 0 Å². The highest BCUT2D eigenvalue weighted by molar-refractivity contribution is 7.26. The van der Waals surface area contributed by atoms with Gasteiger partial charge in [-0.15, -0.1) is 11.3 Å². The van der Waals surface area contributed by atoms with Crippen LogP contribution < -0.4 is 4.90 Å². The van der Waals surface area contributed by atoms with Gasteiger partial charge in [0.2, 0.25) is 0 Å². The summed E-state index contributed by atoms with van der Waals surface area (Å²) in [7, 11) is 0. The predicted molar refractivity (Wildman–Crippen MR) is 204 cm³/mol. The summed E-state index contributed by atoms with van der Waals surface area (Å²) in [5, 5.41) is 11.4. The smallest absolute Gasteiger partial charge is 0.159 e. The minimum absolute atomic E-state index is 0.856. The second kappa shape index (κ2) is 9.71. The Morgan fingerprint density at radius 3 is 1.73 bits per heavy atom. The first kappa shape index (κ1) is 26.0. The maximum atomic E-state index is 6.98. The third-order valence-corrected chi connectivity index (χ3v) is 11.0. The SMILES string of the molecule is c1ccc2c(c1)ccc1c3cccc(N(c4cccc5oc6c7ccccc7ccc6c45)c4cccc5sc6ccccc6c45)c3oc21. The fourth-order valence-corrected chi connectivity index (χ4v) is 8.87. The normalized spacial score (nSPS) is 12.2. The van der Waals surface area contributed by atoms with E-state index in [0.29, 0.717) is 0 Å². The van der Waals surface area contributed by atoms with Crippen LogP contribution in [-0.4, -0.2) is 0 Å². The molecular formula is C44H25NO2S. The second-order valence-electron chi connectivity index (χ2n) is 12.4. The maximum absolute atomic E-state index is 6.98. The van der Waals surface area contributed by atoms with Crippen molar-refractivity contribution in [3.63, 3.8) is 0 Å². The summed E-state index contributed by atoms with van der Waals surface area (Å²) in [6, 6.07) is 54.0. The third kappa shape index (κ3) is 3.52. The van der Waals surface area contributed by atoms with Crippen molar-refractivity contribution in [3.05, 3.63) is 152 Å². The van der Waals surface area contributed by atoms with E-state index in [1.165, 1.54) is 25.6 Å². The Balaban J connectivity index is 1.30. The average Bonchev–Trinajstić information content (AvgIpc) is 3.84. The molecule has 48 heavy (non-hydrogen) atoms. The van der Waals surface area contributed by atoms with Crippen LogP contribution >= 0.6 is 11.3 Å². The van der Waals surface area contributed by atoms with Crippen molar-refractivity contribution < 1.29 is 8.83 Å². The molecule has 0 N–H and O–H groups in total. The first-order valence-electron chi connectivity index (χ1n) is 16.2. The van der Waals surface area contributed by atoms with Crippen LogP contribution in [0.2, 0.25) is 0 Å². The number of nitrogens with zero attached hydrogens (tertiary/aromatic N) is 1. The van der Waals surface area contributed by atoms with Crippen molar-refractivity contribution in [2.75, 3.05) is 4.90 Å². The molecule has 11 aromatic rings. The van der Waals surface area contributed by atoms with Crippen molar-refractivity contribution in [1.82, 2.24) is 0 Å². The van der Waals surface area contributed by atoms with Gasteiger partial charge in [0.15, 0.2) is 5.58 Å². The van der Waals surface area contributed by atoms with E-state index in [-0.39, 0.29) is 0 Å². The minimum Gasteiger partial charge on any atom is -0.455 e.